The Labute approximate surface area is 116 Å². The number of para-hydroxylation sites is 2. The third-order valence-corrected chi connectivity index (χ3v) is 4.31. The van der Waals surface area contributed by atoms with Gasteiger partial charge >= 0.3 is 0 Å². The topological polar surface area (TPSA) is 21.1 Å². The normalized spacial score (nSPS) is 19.9. The first-order valence-corrected chi connectivity index (χ1v) is 7.64. The van der Waals surface area contributed by atoms with Crippen LogP contribution >= 0.6 is 15.9 Å². The lowest BCUT2D eigenvalue weighted by Crippen LogP contribution is -2.23. The number of hydrogen-bond donors (Lipinski definition) is 0. The van der Waals surface area contributed by atoms with Gasteiger partial charge in [-0.1, -0.05) is 28.1 Å². The molecule has 0 radical (unpaired) electrons. The molecule has 3 rings (SSSR count). The molecule has 96 valence electrons. The Morgan fingerprint density at radius 3 is 3.00 bits per heavy atom. The Hall–Kier alpha value is -1.03. The molecule has 4 heteroatoms. The largest absolute Gasteiger partial charge is 0.342 e. The first kappa shape index (κ1) is 12.0. The number of fused-ring (bicyclic) bond motifs is 1. The Balaban J connectivity index is 1.89. The van der Waals surface area contributed by atoms with Gasteiger partial charge in [-0.25, -0.2) is 4.98 Å². The summed E-state index contributed by atoms with van der Waals surface area (Å²) in [6.45, 7) is 2.28. The third-order valence-electron chi connectivity index (χ3n) is 3.85. The van der Waals surface area contributed by atoms with Crippen molar-refractivity contribution in [1.82, 2.24) is 9.55 Å². The van der Waals surface area contributed by atoms with Gasteiger partial charge in [-0.2, -0.15) is 0 Å². The van der Waals surface area contributed by atoms with Crippen molar-refractivity contribution in [2.24, 2.45) is 13.0 Å². The van der Waals surface area contributed by atoms with Gasteiger partial charge in [0, 0.05) is 25.5 Å². The highest BCUT2D eigenvalue weighted by molar-refractivity contribution is 9.09. The van der Waals surface area contributed by atoms with Crippen molar-refractivity contribution in [2.45, 2.75) is 12.8 Å². The van der Waals surface area contributed by atoms with Gasteiger partial charge in [0.05, 0.1) is 11.0 Å². The van der Waals surface area contributed by atoms with Gasteiger partial charge in [-0.05, 0) is 30.9 Å². The highest BCUT2D eigenvalue weighted by atomic mass is 79.9. The zero-order valence-corrected chi connectivity index (χ0v) is 12.2. The summed E-state index contributed by atoms with van der Waals surface area (Å²) in [7, 11) is 2.11. The third kappa shape index (κ3) is 2.03. The maximum Gasteiger partial charge on any atom is 0.206 e. The summed E-state index contributed by atoms with van der Waals surface area (Å²) in [6, 6.07) is 8.35. The van der Waals surface area contributed by atoms with Crippen LogP contribution in [-0.4, -0.2) is 28.0 Å². The number of alkyl halides is 1. The predicted octanol–water partition coefficient (Wildman–Crippen LogP) is 3.18. The fourth-order valence-electron chi connectivity index (χ4n) is 2.82. The standard InChI is InChI=1S/C14H18BrN3/c1-17-13-5-3-2-4-12(13)16-14(17)18-9-7-11(10-18)6-8-15/h2-5,11H,6-10H2,1H3. The van der Waals surface area contributed by atoms with Crippen LogP contribution < -0.4 is 4.90 Å². The summed E-state index contributed by atoms with van der Waals surface area (Å²) in [5.74, 6) is 1.93. The van der Waals surface area contributed by atoms with Crippen molar-refractivity contribution in [1.29, 1.82) is 0 Å². The fraction of sp³-hybridized carbons (Fsp3) is 0.500. The lowest BCUT2D eigenvalue weighted by molar-refractivity contribution is 0.574. The minimum Gasteiger partial charge on any atom is -0.342 e. The lowest BCUT2D eigenvalue weighted by Gasteiger charge is -2.17. The highest BCUT2D eigenvalue weighted by Gasteiger charge is 2.25. The molecule has 1 aromatic carbocycles. The summed E-state index contributed by atoms with van der Waals surface area (Å²) < 4.78 is 2.21. The molecule has 1 atom stereocenters. The van der Waals surface area contributed by atoms with Gasteiger partial charge in [0.1, 0.15) is 0 Å². The monoisotopic (exact) mass is 307 g/mol. The van der Waals surface area contributed by atoms with Crippen LogP contribution in [0, 0.1) is 5.92 Å². The number of imidazole rings is 1. The molecule has 1 unspecified atom stereocenters. The van der Waals surface area contributed by atoms with Crippen molar-refractivity contribution in [3.05, 3.63) is 24.3 Å². The quantitative estimate of drug-likeness (QED) is 0.812. The van der Waals surface area contributed by atoms with E-state index in [1.54, 1.807) is 0 Å². The SMILES string of the molecule is Cn1c(N2CCC(CCBr)C2)nc2ccccc21. The number of aryl methyl sites for hydroxylation is 1. The van der Waals surface area contributed by atoms with Crippen LogP contribution in [0.15, 0.2) is 24.3 Å². The van der Waals surface area contributed by atoms with Gasteiger partial charge in [0.15, 0.2) is 0 Å². The van der Waals surface area contributed by atoms with Crippen molar-refractivity contribution in [3.8, 4) is 0 Å². The van der Waals surface area contributed by atoms with E-state index in [-0.39, 0.29) is 0 Å². The molecule has 0 spiro atoms. The molecular formula is C14H18BrN3. The van der Waals surface area contributed by atoms with Crippen molar-refractivity contribution >= 4 is 32.9 Å². The zero-order valence-electron chi connectivity index (χ0n) is 10.6. The van der Waals surface area contributed by atoms with E-state index in [9.17, 15) is 0 Å². The number of benzene rings is 1. The lowest BCUT2D eigenvalue weighted by atomic mass is 10.1. The summed E-state index contributed by atoms with van der Waals surface area (Å²) in [5.41, 5.74) is 2.32. The van der Waals surface area contributed by atoms with Gasteiger partial charge in [0.25, 0.3) is 0 Å². The molecule has 18 heavy (non-hydrogen) atoms. The summed E-state index contributed by atoms with van der Waals surface area (Å²) in [4.78, 5) is 7.19. The van der Waals surface area contributed by atoms with E-state index in [4.69, 9.17) is 4.98 Å². The van der Waals surface area contributed by atoms with E-state index in [0.29, 0.717) is 0 Å². The maximum absolute atomic E-state index is 4.77. The molecular weight excluding hydrogens is 290 g/mol. The summed E-state index contributed by atoms with van der Waals surface area (Å²) in [5, 5.41) is 1.11. The second-order valence-electron chi connectivity index (χ2n) is 5.04. The second-order valence-corrected chi connectivity index (χ2v) is 5.83. The molecule has 1 aromatic heterocycles. The van der Waals surface area contributed by atoms with E-state index in [0.717, 1.165) is 35.8 Å². The molecule has 0 amide bonds. The summed E-state index contributed by atoms with van der Waals surface area (Å²) >= 11 is 3.54. The van der Waals surface area contributed by atoms with Gasteiger partial charge in [-0.3, -0.25) is 0 Å². The zero-order chi connectivity index (χ0) is 12.5. The number of aromatic nitrogens is 2. The number of rotatable bonds is 3. The predicted molar refractivity (Wildman–Crippen MR) is 79.4 cm³/mol. The van der Waals surface area contributed by atoms with Crippen LogP contribution in [0.25, 0.3) is 11.0 Å². The van der Waals surface area contributed by atoms with Crippen molar-refractivity contribution < 1.29 is 0 Å². The van der Waals surface area contributed by atoms with E-state index < -0.39 is 0 Å². The first-order chi connectivity index (χ1) is 8.79. The van der Waals surface area contributed by atoms with E-state index in [2.05, 4.69) is 56.7 Å². The smallest absolute Gasteiger partial charge is 0.206 e. The van der Waals surface area contributed by atoms with Crippen molar-refractivity contribution in [3.63, 3.8) is 0 Å². The van der Waals surface area contributed by atoms with Crippen molar-refractivity contribution in [2.75, 3.05) is 23.3 Å². The molecule has 1 fully saturated rings. The van der Waals surface area contributed by atoms with Gasteiger partial charge in [-0.15, -0.1) is 0 Å². The van der Waals surface area contributed by atoms with Gasteiger partial charge < -0.3 is 9.47 Å². The number of anilines is 1. The average molecular weight is 308 g/mol. The Bertz CT molecular complexity index is 549. The molecule has 0 bridgehead atoms. The minimum atomic E-state index is 0.809. The molecule has 1 saturated heterocycles. The average Bonchev–Trinajstić information content (AvgIpc) is 2.96. The highest BCUT2D eigenvalue weighted by Crippen LogP contribution is 2.27. The molecule has 0 aliphatic carbocycles. The summed E-state index contributed by atoms with van der Waals surface area (Å²) in [6.07, 6.45) is 2.55. The van der Waals surface area contributed by atoms with Crippen LogP contribution in [0.4, 0.5) is 5.95 Å². The Kier molecular flexibility index (Phi) is 3.29. The Morgan fingerprint density at radius 1 is 1.39 bits per heavy atom. The van der Waals surface area contributed by atoms with E-state index in [1.807, 2.05) is 0 Å². The molecule has 2 heterocycles. The molecule has 1 aliphatic rings. The molecule has 3 nitrogen and oxygen atoms in total. The molecule has 0 N–H and O–H groups in total. The first-order valence-electron chi connectivity index (χ1n) is 6.52. The van der Waals surface area contributed by atoms with Crippen LogP contribution in [0.5, 0.6) is 0 Å². The number of halogens is 1. The minimum absolute atomic E-state index is 0.809. The maximum atomic E-state index is 4.77. The molecule has 1 aliphatic heterocycles. The van der Waals surface area contributed by atoms with Crippen LogP contribution in [0.3, 0.4) is 0 Å². The number of hydrogen-bond acceptors (Lipinski definition) is 2. The number of nitrogens with zero attached hydrogens (tertiary/aromatic N) is 3. The van der Waals surface area contributed by atoms with E-state index in [1.165, 1.54) is 18.4 Å². The van der Waals surface area contributed by atoms with Crippen LogP contribution in [0.1, 0.15) is 12.8 Å². The Morgan fingerprint density at radius 2 is 2.22 bits per heavy atom. The van der Waals surface area contributed by atoms with Crippen LogP contribution in [-0.2, 0) is 7.05 Å². The molecule has 2 aromatic rings. The fourth-order valence-corrected chi connectivity index (χ4v) is 3.47. The second kappa shape index (κ2) is 4.92. The van der Waals surface area contributed by atoms with Crippen LogP contribution in [0.2, 0.25) is 0 Å². The van der Waals surface area contributed by atoms with Gasteiger partial charge in [0.2, 0.25) is 5.95 Å². The molecule has 0 saturated carbocycles. The van der Waals surface area contributed by atoms with E-state index >= 15 is 0 Å².